The van der Waals surface area contributed by atoms with Crippen molar-refractivity contribution in [3.05, 3.63) is 36.5 Å². The molecule has 0 fully saturated rings. The van der Waals surface area contributed by atoms with Crippen molar-refractivity contribution in [3.8, 4) is 5.75 Å². The van der Waals surface area contributed by atoms with Crippen molar-refractivity contribution in [1.82, 2.24) is 4.98 Å². The molecule has 0 radical (unpaired) electrons. The standard InChI is InChI=1S/C16H17NO4/c1-2-20-16(19)9-8-12(18)11-21-15-7-3-6-14-13(15)5-4-10-17-14/h3-7,10H,2,8-9,11H2,1H3. The first-order valence-electron chi connectivity index (χ1n) is 6.84. The van der Waals surface area contributed by atoms with E-state index in [4.69, 9.17) is 9.47 Å². The molecular weight excluding hydrogens is 270 g/mol. The van der Waals surface area contributed by atoms with Gasteiger partial charge in [-0.25, -0.2) is 0 Å². The average Bonchev–Trinajstić information content (AvgIpc) is 2.51. The van der Waals surface area contributed by atoms with E-state index in [2.05, 4.69) is 4.98 Å². The van der Waals surface area contributed by atoms with Gasteiger partial charge >= 0.3 is 5.97 Å². The van der Waals surface area contributed by atoms with Crippen LogP contribution in [0.5, 0.6) is 5.75 Å². The smallest absolute Gasteiger partial charge is 0.306 e. The van der Waals surface area contributed by atoms with E-state index < -0.39 is 0 Å². The van der Waals surface area contributed by atoms with Crippen LogP contribution in [0, 0.1) is 0 Å². The molecule has 5 nitrogen and oxygen atoms in total. The lowest BCUT2D eigenvalue weighted by atomic mass is 10.2. The molecule has 1 heterocycles. The molecule has 0 saturated heterocycles. The number of ether oxygens (including phenoxy) is 2. The summed E-state index contributed by atoms with van der Waals surface area (Å²) >= 11 is 0. The fourth-order valence-corrected chi connectivity index (χ4v) is 1.91. The van der Waals surface area contributed by atoms with Gasteiger partial charge in [-0.3, -0.25) is 14.6 Å². The summed E-state index contributed by atoms with van der Waals surface area (Å²) in [6.45, 7) is 2.00. The SMILES string of the molecule is CCOC(=O)CCC(=O)COc1cccc2ncccc12. The second-order valence-corrected chi connectivity index (χ2v) is 4.46. The summed E-state index contributed by atoms with van der Waals surface area (Å²) in [6.07, 6.45) is 1.92. The minimum Gasteiger partial charge on any atom is -0.485 e. The quantitative estimate of drug-likeness (QED) is 0.732. The molecule has 0 spiro atoms. The van der Waals surface area contributed by atoms with Crippen LogP contribution in [0.4, 0.5) is 0 Å². The van der Waals surface area contributed by atoms with Crippen molar-refractivity contribution in [1.29, 1.82) is 0 Å². The molecule has 0 bridgehead atoms. The number of benzene rings is 1. The second-order valence-electron chi connectivity index (χ2n) is 4.46. The number of aromatic nitrogens is 1. The number of pyridine rings is 1. The molecule has 1 aromatic heterocycles. The number of Topliss-reactive ketones (excluding diaryl/α,β-unsaturated/α-hetero) is 1. The van der Waals surface area contributed by atoms with E-state index in [1.54, 1.807) is 19.2 Å². The highest BCUT2D eigenvalue weighted by molar-refractivity contribution is 5.86. The van der Waals surface area contributed by atoms with Crippen LogP contribution in [0.25, 0.3) is 10.9 Å². The Balaban J connectivity index is 1.90. The molecule has 5 heteroatoms. The minimum absolute atomic E-state index is 0.0621. The van der Waals surface area contributed by atoms with Gasteiger partial charge < -0.3 is 9.47 Å². The Labute approximate surface area is 122 Å². The van der Waals surface area contributed by atoms with Crippen molar-refractivity contribution >= 4 is 22.7 Å². The van der Waals surface area contributed by atoms with Gasteiger partial charge in [0.05, 0.1) is 18.5 Å². The molecule has 2 aromatic rings. The van der Waals surface area contributed by atoms with Crippen LogP contribution in [0.2, 0.25) is 0 Å². The first kappa shape index (κ1) is 15.0. The van der Waals surface area contributed by atoms with Crippen molar-refractivity contribution in [3.63, 3.8) is 0 Å². The monoisotopic (exact) mass is 287 g/mol. The van der Waals surface area contributed by atoms with Crippen LogP contribution in [-0.4, -0.2) is 30.0 Å². The molecule has 0 atom stereocenters. The van der Waals surface area contributed by atoms with Crippen LogP contribution in [0.1, 0.15) is 19.8 Å². The van der Waals surface area contributed by atoms with E-state index >= 15 is 0 Å². The summed E-state index contributed by atoms with van der Waals surface area (Å²) in [6, 6.07) is 9.21. The fraction of sp³-hybridized carbons (Fsp3) is 0.312. The highest BCUT2D eigenvalue weighted by atomic mass is 16.5. The molecule has 0 aliphatic heterocycles. The number of fused-ring (bicyclic) bond motifs is 1. The summed E-state index contributed by atoms with van der Waals surface area (Å²) in [5.41, 5.74) is 0.814. The fourth-order valence-electron chi connectivity index (χ4n) is 1.91. The van der Waals surface area contributed by atoms with Gasteiger partial charge in [0.15, 0.2) is 5.78 Å². The summed E-state index contributed by atoms with van der Waals surface area (Å²) < 4.78 is 10.3. The zero-order valence-corrected chi connectivity index (χ0v) is 11.9. The molecule has 0 aliphatic carbocycles. The van der Waals surface area contributed by atoms with Gasteiger partial charge in [0.2, 0.25) is 0 Å². The van der Waals surface area contributed by atoms with Gasteiger partial charge in [0, 0.05) is 18.0 Å². The Bertz CT molecular complexity index is 634. The molecule has 0 aliphatic rings. The summed E-state index contributed by atoms with van der Waals surface area (Å²) in [4.78, 5) is 27.1. The molecule has 0 N–H and O–H groups in total. The van der Waals surface area contributed by atoms with Crippen LogP contribution in [0.15, 0.2) is 36.5 Å². The van der Waals surface area contributed by atoms with Gasteiger partial charge in [-0.1, -0.05) is 6.07 Å². The zero-order valence-electron chi connectivity index (χ0n) is 11.9. The normalized spacial score (nSPS) is 10.3. The number of hydrogen-bond donors (Lipinski definition) is 0. The van der Waals surface area contributed by atoms with Crippen LogP contribution < -0.4 is 4.74 Å². The summed E-state index contributed by atoms with van der Waals surface area (Å²) in [7, 11) is 0. The minimum atomic E-state index is -0.361. The van der Waals surface area contributed by atoms with Gasteiger partial charge in [-0.05, 0) is 31.2 Å². The Morgan fingerprint density at radius 1 is 1.14 bits per heavy atom. The Hall–Kier alpha value is -2.43. The predicted molar refractivity (Wildman–Crippen MR) is 78.1 cm³/mol. The highest BCUT2D eigenvalue weighted by Gasteiger charge is 2.09. The lowest BCUT2D eigenvalue weighted by Crippen LogP contribution is -2.14. The Kier molecular flexibility index (Phi) is 5.26. The molecule has 21 heavy (non-hydrogen) atoms. The van der Waals surface area contributed by atoms with Crippen molar-refractivity contribution in [2.45, 2.75) is 19.8 Å². The lowest BCUT2D eigenvalue weighted by molar-refractivity contribution is -0.144. The van der Waals surface area contributed by atoms with E-state index in [0.717, 1.165) is 10.9 Å². The zero-order chi connectivity index (χ0) is 15.1. The van der Waals surface area contributed by atoms with Crippen molar-refractivity contribution < 1.29 is 19.1 Å². The summed E-state index contributed by atoms with van der Waals surface area (Å²) in [5.74, 6) is 0.120. The van der Waals surface area contributed by atoms with E-state index in [-0.39, 0.29) is 31.2 Å². The topological polar surface area (TPSA) is 65.5 Å². The third-order valence-electron chi connectivity index (χ3n) is 2.91. The average molecular weight is 287 g/mol. The van der Waals surface area contributed by atoms with Crippen LogP contribution in [-0.2, 0) is 14.3 Å². The first-order valence-corrected chi connectivity index (χ1v) is 6.84. The van der Waals surface area contributed by atoms with E-state index in [1.165, 1.54) is 0 Å². The Morgan fingerprint density at radius 3 is 2.81 bits per heavy atom. The lowest BCUT2D eigenvalue weighted by Gasteiger charge is -2.08. The molecule has 0 unspecified atom stereocenters. The largest absolute Gasteiger partial charge is 0.485 e. The number of ketones is 1. The van der Waals surface area contributed by atoms with Crippen molar-refractivity contribution in [2.24, 2.45) is 0 Å². The molecule has 2 rings (SSSR count). The number of carbonyl (C=O) groups is 2. The van der Waals surface area contributed by atoms with Gasteiger partial charge in [0.1, 0.15) is 12.4 Å². The maximum absolute atomic E-state index is 11.7. The second kappa shape index (κ2) is 7.38. The van der Waals surface area contributed by atoms with E-state index in [9.17, 15) is 9.59 Å². The third-order valence-corrected chi connectivity index (χ3v) is 2.91. The number of rotatable bonds is 7. The number of hydrogen-bond acceptors (Lipinski definition) is 5. The van der Waals surface area contributed by atoms with Gasteiger partial charge in [-0.2, -0.15) is 0 Å². The third kappa shape index (κ3) is 4.27. The maximum Gasteiger partial charge on any atom is 0.306 e. The highest BCUT2D eigenvalue weighted by Crippen LogP contribution is 2.23. The van der Waals surface area contributed by atoms with Crippen LogP contribution >= 0.6 is 0 Å². The van der Waals surface area contributed by atoms with Gasteiger partial charge in [0.25, 0.3) is 0 Å². The summed E-state index contributed by atoms with van der Waals surface area (Å²) in [5, 5.41) is 0.859. The predicted octanol–water partition coefficient (Wildman–Crippen LogP) is 2.53. The molecule has 1 aromatic carbocycles. The van der Waals surface area contributed by atoms with Crippen LogP contribution in [0.3, 0.4) is 0 Å². The Morgan fingerprint density at radius 2 is 2.00 bits per heavy atom. The van der Waals surface area contributed by atoms with E-state index in [0.29, 0.717) is 12.4 Å². The molecular formula is C16H17NO4. The molecule has 0 amide bonds. The van der Waals surface area contributed by atoms with Gasteiger partial charge in [-0.15, -0.1) is 0 Å². The molecule has 110 valence electrons. The number of carbonyl (C=O) groups excluding carboxylic acids is 2. The van der Waals surface area contributed by atoms with E-state index in [1.807, 2.05) is 24.3 Å². The first-order chi connectivity index (χ1) is 10.2. The number of esters is 1. The van der Waals surface area contributed by atoms with Crippen molar-refractivity contribution in [2.75, 3.05) is 13.2 Å². The maximum atomic E-state index is 11.7. The molecule has 0 saturated carbocycles. The number of nitrogens with zero attached hydrogens (tertiary/aromatic N) is 1.